The molecule has 1 rings (SSSR count). The monoisotopic (exact) mass is 275 g/mol. The number of ether oxygens (including phenoxy) is 1. The first-order chi connectivity index (χ1) is 7.99. The molecule has 0 fully saturated rings. The summed E-state index contributed by atoms with van der Waals surface area (Å²) >= 11 is 0. The lowest BCUT2D eigenvalue weighted by Gasteiger charge is -2.11. The summed E-state index contributed by atoms with van der Waals surface area (Å²) in [6.45, 7) is 0. The fourth-order valence-corrected chi connectivity index (χ4v) is 1.04. The average Bonchev–Trinajstić information content (AvgIpc) is 2.12. The predicted molar refractivity (Wildman–Crippen MR) is 44.8 cm³/mol. The molecule has 0 radical (unpaired) electrons. The molecule has 0 N–H and O–H groups in total. The third-order valence-corrected chi connectivity index (χ3v) is 1.66. The zero-order valence-electron chi connectivity index (χ0n) is 8.17. The van der Waals surface area contributed by atoms with Gasteiger partial charge >= 0.3 is 12.5 Å². The van der Waals surface area contributed by atoms with Crippen LogP contribution in [0.5, 0.6) is 5.75 Å². The lowest BCUT2D eigenvalue weighted by molar-refractivity contribution is -0.385. The molecular weight excluding hydrogens is 272 g/mol. The molecule has 18 heavy (non-hydrogen) atoms. The van der Waals surface area contributed by atoms with Gasteiger partial charge in [0.25, 0.3) is 5.69 Å². The van der Waals surface area contributed by atoms with Crippen LogP contribution in [0.3, 0.4) is 0 Å². The molecule has 4 nitrogen and oxygen atoms in total. The molecule has 1 aromatic rings. The van der Waals surface area contributed by atoms with Crippen molar-refractivity contribution in [1.82, 2.24) is 0 Å². The summed E-state index contributed by atoms with van der Waals surface area (Å²) in [6.07, 6.45) is -10.3. The number of halogens is 6. The van der Waals surface area contributed by atoms with Crippen molar-refractivity contribution >= 4 is 5.69 Å². The molecule has 0 heterocycles. The number of alkyl halides is 6. The Morgan fingerprint density at radius 2 is 1.61 bits per heavy atom. The van der Waals surface area contributed by atoms with Gasteiger partial charge in [0, 0.05) is 6.07 Å². The summed E-state index contributed by atoms with van der Waals surface area (Å²) < 4.78 is 75.6. The Balaban J connectivity index is 3.27. The second-order valence-electron chi connectivity index (χ2n) is 3.02. The first-order valence-corrected chi connectivity index (χ1v) is 4.11. The van der Waals surface area contributed by atoms with E-state index in [9.17, 15) is 36.5 Å². The van der Waals surface area contributed by atoms with Gasteiger partial charge in [0.15, 0.2) is 0 Å². The van der Waals surface area contributed by atoms with Crippen LogP contribution in [0.2, 0.25) is 0 Å². The number of hydrogen-bond acceptors (Lipinski definition) is 3. The van der Waals surface area contributed by atoms with Gasteiger partial charge in [-0.05, 0) is 6.07 Å². The summed E-state index contributed by atoms with van der Waals surface area (Å²) in [6, 6.07) is 0.395. The molecule has 0 saturated carbocycles. The minimum absolute atomic E-state index is 0.0283. The average molecular weight is 275 g/mol. The predicted octanol–water partition coefficient (Wildman–Crippen LogP) is 3.51. The van der Waals surface area contributed by atoms with E-state index in [0.29, 0.717) is 0 Å². The van der Waals surface area contributed by atoms with Crippen LogP contribution in [-0.4, -0.2) is 11.3 Å². The van der Waals surface area contributed by atoms with Crippen LogP contribution in [0.1, 0.15) is 5.56 Å². The largest absolute Gasteiger partial charge is 0.573 e. The molecule has 0 bridgehead atoms. The Kier molecular flexibility index (Phi) is 3.40. The van der Waals surface area contributed by atoms with Gasteiger partial charge in [-0.25, -0.2) is 0 Å². The van der Waals surface area contributed by atoms with Gasteiger partial charge in [0.1, 0.15) is 5.75 Å². The molecule has 0 atom stereocenters. The summed E-state index contributed by atoms with van der Waals surface area (Å²) in [7, 11) is 0. The molecule has 0 aromatic heterocycles. The second-order valence-corrected chi connectivity index (χ2v) is 3.02. The highest BCUT2D eigenvalue weighted by atomic mass is 19.4. The van der Waals surface area contributed by atoms with Crippen LogP contribution in [-0.2, 0) is 6.18 Å². The second kappa shape index (κ2) is 4.35. The zero-order chi connectivity index (χ0) is 14.1. The Morgan fingerprint density at radius 1 is 1.06 bits per heavy atom. The highest BCUT2D eigenvalue weighted by Crippen LogP contribution is 2.36. The number of benzene rings is 1. The molecule has 10 heteroatoms. The fraction of sp³-hybridized carbons (Fsp3) is 0.250. The van der Waals surface area contributed by atoms with Crippen molar-refractivity contribution in [1.29, 1.82) is 0 Å². The fourth-order valence-electron chi connectivity index (χ4n) is 1.04. The maximum atomic E-state index is 12.3. The highest BCUT2D eigenvalue weighted by Gasteiger charge is 2.36. The van der Waals surface area contributed by atoms with E-state index in [1.54, 1.807) is 0 Å². The SMILES string of the molecule is O=[N+]([O-])c1cc(OC(F)(F)F)cc(C(F)(F)F)c1. The number of hydrogen-bond donors (Lipinski definition) is 0. The molecule has 0 unspecified atom stereocenters. The van der Waals surface area contributed by atoms with Crippen LogP contribution in [0.25, 0.3) is 0 Å². The first-order valence-electron chi connectivity index (χ1n) is 4.11. The number of rotatable bonds is 2. The number of nitro benzene ring substituents is 1. The van der Waals surface area contributed by atoms with E-state index in [2.05, 4.69) is 4.74 Å². The van der Waals surface area contributed by atoms with Crippen LogP contribution in [0.15, 0.2) is 18.2 Å². The van der Waals surface area contributed by atoms with Crippen molar-refractivity contribution in [3.05, 3.63) is 33.9 Å². The Labute approximate surface area is 94.9 Å². The normalized spacial score (nSPS) is 12.3. The number of non-ortho nitro benzene ring substituents is 1. The Hall–Kier alpha value is -2.00. The smallest absolute Gasteiger partial charge is 0.406 e. The molecule has 0 spiro atoms. The summed E-state index contributed by atoms with van der Waals surface area (Å²) in [5.74, 6) is -1.30. The van der Waals surface area contributed by atoms with Crippen molar-refractivity contribution in [2.75, 3.05) is 0 Å². The van der Waals surface area contributed by atoms with Crippen molar-refractivity contribution in [3.8, 4) is 5.75 Å². The van der Waals surface area contributed by atoms with Crippen molar-refractivity contribution < 1.29 is 36.0 Å². The van der Waals surface area contributed by atoms with Crippen molar-refractivity contribution in [2.45, 2.75) is 12.5 Å². The van der Waals surface area contributed by atoms with E-state index in [1.165, 1.54) is 0 Å². The van der Waals surface area contributed by atoms with E-state index >= 15 is 0 Å². The quantitative estimate of drug-likeness (QED) is 0.471. The van der Waals surface area contributed by atoms with Gasteiger partial charge < -0.3 is 4.74 Å². The van der Waals surface area contributed by atoms with Gasteiger partial charge in [-0.1, -0.05) is 0 Å². The Bertz CT molecular complexity index is 467. The van der Waals surface area contributed by atoms with E-state index < -0.39 is 34.5 Å². The molecule has 1 aromatic carbocycles. The van der Waals surface area contributed by atoms with Crippen LogP contribution in [0.4, 0.5) is 32.0 Å². The number of nitrogens with zero attached hydrogens (tertiary/aromatic N) is 1. The van der Waals surface area contributed by atoms with Crippen LogP contribution < -0.4 is 4.74 Å². The van der Waals surface area contributed by atoms with E-state index in [4.69, 9.17) is 0 Å². The third-order valence-electron chi connectivity index (χ3n) is 1.66. The summed E-state index contributed by atoms with van der Waals surface area (Å²) in [4.78, 5) is 9.05. The minimum Gasteiger partial charge on any atom is -0.406 e. The maximum absolute atomic E-state index is 12.3. The standard InChI is InChI=1S/C8H3F6NO3/c9-7(10,11)4-1-5(15(16)17)3-6(2-4)18-8(12,13)14/h1-3H. The lowest BCUT2D eigenvalue weighted by atomic mass is 10.2. The van der Waals surface area contributed by atoms with Gasteiger partial charge in [0.2, 0.25) is 0 Å². The van der Waals surface area contributed by atoms with E-state index in [-0.39, 0.29) is 18.2 Å². The van der Waals surface area contributed by atoms with Crippen LogP contribution >= 0.6 is 0 Å². The lowest BCUT2D eigenvalue weighted by Crippen LogP contribution is -2.18. The third kappa shape index (κ3) is 3.79. The molecule has 0 aliphatic heterocycles. The Morgan fingerprint density at radius 3 is 2.00 bits per heavy atom. The molecule has 0 aliphatic carbocycles. The molecule has 0 saturated heterocycles. The van der Waals surface area contributed by atoms with E-state index in [0.717, 1.165) is 0 Å². The molecular formula is C8H3F6NO3. The van der Waals surface area contributed by atoms with Crippen molar-refractivity contribution in [3.63, 3.8) is 0 Å². The van der Waals surface area contributed by atoms with Gasteiger partial charge in [-0.15, -0.1) is 13.2 Å². The minimum atomic E-state index is -5.24. The maximum Gasteiger partial charge on any atom is 0.573 e. The van der Waals surface area contributed by atoms with Crippen molar-refractivity contribution in [2.24, 2.45) is 0 Å². The highest BCUT2D eigenvalue weighted by molar-refractivity contribution is 5.43. The van der Waals surface area contributed by atoms with Crippen LogP contribution in [0, 0.1) is 10.1 Å². The number of nitro groups is 1. The van der Waals surface area contributed by atoms with Gasteiger partial charge in [-0.3, -0.25) is 10.1 Å². The molecule has 100 valence electrons. The summed E-state index contributed by atoms with van der Waals surface area (Å²) in [5.41, 5.74) is -2.75. The summed E-state index contributed by atoms with van der Waals surface area (Å²) in [5, 5.41) is 10.3. The van der Waals surface area contributed by atoms with Gasteiger partial charge in [0.05, 0.1) is 16.6 Å². The van der Waals surface area contributed by atoms with Gasteiger partial charge in [-0.2, -0.15) is 13.2 Å². The van der Waals surface area contributed by atoms with E-state index in [1.807, 2.05) is 0 Å². The molecule has 0 amide bonds. The zero-order valence-corrected chi connectivity index (χ0v) is 8.17. The molecule has 0 aliphatic rings. The topological polar surface area (TPSA) is 52.4 Å². The first kappa shape index (κ1) is 14.1.